The van der Waals surface area contributed by atoms with Crippen LogP contribution < -0.4 is 5.11 Å². The van der Waals surface area contributed by atoms with E-state index in [4.69, 9.17) is 5.53 Å². The molecule has 0 bridgehead atoms. The smallest absolute Gasteiger partial charge is 0.0572 e. The maximum Gasteiger partial charge on any atom is 0.0572 e. The lowest BCUT2D eigenvalue weighted by atomic mass is 10.2. The van der Waals surface area contributed by atoms with Crippen molar-refractivity contribution in [3.05, 3.63) is 48.0 Å². The van der Waals surface area contributed by atoms with Crippen LogP contribution in [0.3, 0.4) is 0 Å². The molecule has 2 heteroatoms. The van der Waals surface area contributed by atoms with Gasteiger partial charge in [0.15, 0.2) is 0 Å². The Morgan fingerprint density at radius 2 is 1.89 bits per heavy atom. The maximum absolute atomic E-state index is 8.21. The predicted molar refractivity (Wildman–Crippen MR) is 34.2 cm³/mol. The number of nitrogens with zero attached hydrogens (tertiary/aromatic N) is 1. The molecule has 1 aromatic carbocycles. The highest BCUT2D eigenvalue weighted by Gasteiger charge is 1.75. The third kappa shape index (κ3) is 1.57. The van der Waals surface area contributed by atoms with Crippen molar-refractivity contribution in [2.75, 3.05) is 0 Å². The number of rotatable bonds is 2. The molecule has 9 heavy (non-hydrogen) atoms. The highest BCUT2D eigenvalue weighted by molar-refractivity contribution is 5.18. The third-order valence-corrected chi connectivity index (χ3v) is 1.03. The van der Waals surface area contributed by atoms with Crippen LogP contribution in [-0.4, -0.2) is 0 Å². The summed E-state index contributed by atoms with van der Waals surface area (Å²) in [5.74, 6) is 0. The minimum Gasteiger partial charge on any atom is -0.516 e. The molecule has 1 rings (SSSR count). The van der Waals surface area contributed by atoms with E-state index in [0.717, 1.165) is 5.56 Å². The van der Waals surface area contributed by atoms with Crippen molar-refractivity contribution in [2.45, 2.75) is 0 Å². The Labute approximate surface area is 54.0 Å². The van der Waals surface area contributed by atoms with Gasteiger partial charge >= 0.3 is 0 Å². The highest BCUT2D eigenvalue weighted by atomic mass is 14.9. The largest absolute Gasteiger partial charge is 0.516 e. The van der Waals surface area contributed by atoms with Crippen LogP contribution in [0.2, 0.25) is 0 Å². The van der Waals surface area contributed by atoms with Gasteiger partial charge in [0.05, 0.1) is 6.54 Å². The number of hydrogen-bond acceptors (Lipinski definition) is 0. The molecule has 0 heterocycles. The lowest BCUT2D eigenvalue weighted by molar-refractivity contribution is -0.427. The monoisotopic (exact) mass is 119 g/mol. The Kier molecular flexibility index (Phi) is 1.85. The number of nitrogens with one attached hydrogen (secondary N) is 1. The minimum absolute atomic E-state index is 0.958. The molecule has 0 aliphatic heterocycles. The van der Waals surface area contributed by atoms with E-state index in [0.29, 0.717) is 0 Å². The molecule has 0 saturated carbocycles. The van der Waals surface area contributed by atoms with Gasteiger partial charge in [-0.2, -0.15) is 12.1 Å². The van der Waals surface area contributed by atoms with E-state index in [1.54, 1.807) is 0 Å². The van der Waals surface area contributed by atoms with E-state index in [9.17, 15) is 0 Å². The Morgan fingerprint density at radius 1 is 1.22 bits per heavy atom. The van der Waals surface area contributed by atoms with Crippen LogP contribution in [0.25, 0.3) is 5.53 Å². The van der Waals surface area contributed by atoms with Crippen LogP contribution >= 0.6 is 0 Å². The first-order chi connectivity index (χ1) is 4.43. The van der Waals surface area contributed by atoms with Crippen LogP contribution in [0.1, 0.15) is 5.56 Å². The zero-order chi connectivity index (χ0) is 6.53. The second-order valence-corrected chi connectivity index (χ2v) is 1.68. The number of benzene rings is 1. The van der Waals surface area contributed by atoms with Gasteiger partial charge < -0.3 is 10.6 Å². The van der Waals surface area contributed by atoms with Crippen molar-refractivity contribution in [1.82, 2.24) is 0 Å². The van der Waals surface area contributed by atoms with Crippen molar-refractivity contribution < 1.29 is 5.11 Å². The summed E-state index contributed by atoms with van der Waals surface area (Å²) < 4.78 is 0. The zero-order valence-corrected chi connectivity index (χ0v) is 4.91. The summed E-state index contributed by atoms with van der Waals surface area (Å²) in [5.41, 5.74) is 9.17. The van der Waals surface area contributed by atoms with Gasteiger partial charge in [-0.25, -0.2) is 0 Å². The number of hydrogen-bond donors (Lipinski definition) is 1. The zero-order valence-electron chi connectivity index (χ0n) is 4.91. The van der Waals surface area contributed by atoms with Crippen LogP contribution in [0.4, 0.5) is 0 Å². The van der Waals surface area contributed by atoms with Crippen molar-refractivity contribution in [3.8, 4) is 0 Å². The van der Waals surface area contributed by atoms with Crippen molar-refractivity contribution >= 4 is 0 Å². The average molecular weight is 119 g/mol. The Morgan fingerprint density at radius 3 is 2.44 bits per heavy atom. The summed E-state index contributed by atoms with van der Waals surface area (Å²) in [4.78, 5) is 0. The van der Waals surface area contributed by atoms with E-state index in [-0.39, 0.29) is 0 Å². The summed E-state index contributed by atoms with van der Waals surface area (Å²) in [6.45, 7) is 1.51. The standard InChI is InChI=1S/C7H7N2/c8-9-6-7-4-2-1-3-5-7/h1-6,9H/q-1. The third-order valence-electron chi connectivity index (χ3n) is 1.03. The van der Waals surface area contributed by atoms with Gasteiger partial charge in [-0.15, -0.1) is 17.7 Å². The van der Waals surface area contributed by atoms with Crippen LogP contribution in [0.15, 0.2) is 30.3 Å². The van der Waals surface area contributed by atoms with E-state index in [1.807, 2.05) is 35.4 Å². The first kappa shape index (κ1) is 5.82. The van der Waals surface area contributed by atoms with E-state index in [2.05, 4.69) is 0 Å². The Balaban J connectivity index is 2.72. The highest BCUT2D eigenvalue weighted by Crippen LogP contribution is 1.94. The van der Waals surface area contributed by atoms with Crippen molar-refractivity contribution in [1.29, 1.82) is 0 Å². The molecule has 0 radical (unpaired) electrons. The van der Waals surface area contributed by atoms with Gasteiger partial charge in [0.2, 0.25) is 0 Å². The fourth-order valence-electron chi connectivity index (χ4n) is 0.624. The lowest BCUT2D eigenvalue weighted by Gasteiger charge is -1.98. The second-order valence-electron chi connectivity index (χ2n) is 1.68. The summed E-state index contributed by atoms with van der Waals surface area (Å²) >= 11 is 0. The first-order valence-corrected chi connectivity index (χ1v) is 2.71. The average Bonchev–Trinajstić information content (AvgIpc) is 1.91. The van der Waals surface area contributed by atoms with Gasteiger partial charge in [0.25, 0.3) is 0 Å². The summed E-state index contributed by atoms with van der Waals surface area (Å²) in [5, 5.41) is 1.96. The van der Waals surface area contributed by atoms with Gasteiger partial charge in [0, 0.05) is 0 Å². The molecule has 0 aliphatic carbocycles. The molecule has 1 aromatic rings. The van der Waals surface area contributed by atoms with Crippen LogP contribution in [0, 0.1) is 6.54 Å². The SMILES string of the molecule is [N-]=[NH+][CH-]c1ccccc1. The van der Waals surface area contributed by atoms with E-state index < -0.39 is 0 Å². The van der Waals surface area contributed by atoms with E-state index in [1.165, 1.54) is 6.54 Å². The van der Waals surface area contributed by atoms with Crippen LogP contribution in [-0.2, 0) is 0 Å². The Bertz CT molecular complexity index is 181. The first-order valence-electron chi connectivity index (χ1n) is 2.71. The lowest BCUT2D eigenvalue weighted by Crippen LogP contribution is -2.58. The normalized spacial score (nSPS) is 8.44. The van der Waals surface area contributed by atoms with Crippen LogP contribution in [0.5, 0.6) is 0 Å². The molecule has 0 aliphatic rings. The summed E-state index contributed by atoms with van der Waals surface area (Å²) in [6, 6.07) is 9.52. The van der Waals surface area contributed by atoms with Crippen molar-refractivity contribution in [2.24, 2.45) is 0 Å². The molecule has 0 unspecified atom stereocenters. The van der Waals surface area contributed by atoms with E-state index >= 15 is 0 Å². The molecule has 46 valence electrons. The van der Waals surface area contributed by atoms with Gasteiger partial charge in [-0.1, -0.05) is 6.07 Å². The van der Waals surface area contributed by atoms with Gasteiger partial charge in [0.1, 0.15) is 0 Å². The minimum atomic E-state index is 0.958. The van der Waals surface area contributed by atoms with Gasteiger partial charge in [-0.3, -0.25) is 0 Å². The van der Waals surface area contributed by atoms with Gasteiger partial charge in [-0.05, 0) is 0 Å². The summed E-state index contributed by atoms with van der Waals surface area (Å²) in [7, 11) is 0. The molecule has 0 fully saturated rings. The molecule has 0 saturated heterocycles. The molecule has 1 N–H and O–H groups in total. The second kappa shape index (κ2) is 2.87. The molecular weight excluding hydrogens is 112 g/mol. The fourth-order valence-corrected chi connectivity index (χ4v) is 0.624. The quantitative estimate of drug-likeness (QED) is 0.429. The molecular formula is C7H7N2-. The molecule has 0 amide bonds. The topological polar surface area (TPSA) is 36.3 Å². The molecule has 0 spiro atoms. The summed E-state index contributed by atoms with van der Waals surface area (Å²) in [6.07, 6.45) is 0. The van der Waals surface area contributed by atoms with Crippen molar-refractivity contribution in [3.63, 3.8) is 0 Å². The molecule has 0 aromatic heterocycles. The fraction of sp³-hybridized carbons (Fsp3) is 0. The molecule has 0 atom stereocenters. The maximum atomic E-state index is 8.21. The Hall–Kier alpha value is -1.31. The molecule has 2 nitrogen and oxygen atoms in total. The predicted octanol–water partition coefficient (Wildman–Crippen LogP) is 0.299.